The fraction of sp³-hybridized carbons (Fsp3) is 0.357. The van der Waals surface area contributed by atoms with Gasteiger partial charge in [0.2, 0.25) is 11.8 Å². The van der Waals surface area contributed by atoms with E-state index in [2.05, 4.69) is 32.0 Å². The quantitative estimate of drug-likeness (QED) is 0.390. The Hall–Kier alpha value is -2.28. The molecule has 2 rings (SSSR count). The lowest BCUT2D eigenvalue weighted by Crippen LogP contribution is -2.17. The van der Waals surface area contributed by atoms with Crippen LogP contribution in [-0.2, 0) is 9.53 Å². The van der Waals surface area contributed by atoms with Crippen LogP contribution >= 0.6 is 11.6 Å². The van der Waals surface area contributed by atoms with Gasteiger partial charge in [0.1, 0.15) is 23.1 Å². The lowest BCUT2D eigenvalue weighted by atomic mass is 10.2. The Labute approximate surface area is 133 Å². The van der Waals surface area contributed by atoms with Crippen LogP contribution in [-0.4, -0.2) is 35.5 Å². The van der Waals surface area contributed by atoms with Gasteiger partial charge in [-0.05, 0) is 26.1 Å². The molecule has 1 aromatic heterocycles. The Morgan fingerprint density at radius 3 is 2.91 bits per heavy atom. The Morgan fingerprint density at radius 1 is 1.55 bits per heavy atom. The third kappa shape index (κ3) is 3.88. The van der Waals surface area contributed by atoms with Gasteiger partial charge in [-0.25, -0.2) is 15.0 Å². The number of amides is 1. The van der Waals surface area contributed by atoms with E-state index in [4.69, 9.17) is 16.3 Å². The highest BCUT2D eigenvalue weighted by molar-refractivity contribution is 6.29. The summed E-state index contributed by atoms with van der Waals surface area (Å²) < 4.78 is 5.07. The maximum Gasteiger partial charge on any atom is 0.229 e. The molecular formula is C14H16ClN5O2. The van der Waals surface area contributed by atoms with Crippen molar-refractivity contribution >= 4 is 35.9 Å². The van der Waals surface area contributed by atoms with Gasteiger partial charge in [-0.3, -0.25) is 4.79 Å². The van der Waals surface area contributed by atoms with Crippen molar-refractivity contribution in [1.82, 2.24) is 9.97 Å². The summed E-state index contributed by atoms with van der Waals surface area (Å²) in [6.45, 7) is 5.30. The van der Waals surface area contributed by atoms with Crippen LogP contribution in [0.15, 0.2) is 34.3 Å². The third-order valence-electron chi connectivity index (χ3n) is 3.19. The number of anilines is 1. The van der Waals surface area contributed by atoms with Gasteiger partial charge in [0, 0.05) is 17.9 Å². The van der Waals surface area contributed by atoms with Crippen molar-refractivity contribution in [1.29, 1.82) is 0 Å². The number of nitrogens with one attached hydrogen (secondary N) is 1. The van der Waals surface area contributed by atoms with Gasteiger partial charge in [0.05, 0.1) is 7.11 Å². The number of halogens is 1. The van der Waals surface area contributed by atoms with Crippen LogP contribution in [0.3, 0.4) is 0 Å². The van der Waals surface area contributed by atoms with Crippen molar-refractivity contribution in [2.45, 2.75) is 13.3 Å². The van der Waals surface area contributed by atoms with E-state index in [0.717, 1.165) is 0 Å². The molecule has 0 unspecified atom stereocenters. The lowest BCUT2D eigenvalue weighted by molar-refractivity contribution is -0.117. The molecule has 7 nitrogen and oxygen atoms in total. The molecule has 1 amide bonds. The highest BCUT2D eigenvalue weighted by Gasteiger charge is 2.46. The number of rotatable bonds is 5. The number of hydrogen-bond donors (Lipinski definition) is 1. The molecule has 0 saturated heterocycles. The highest BCUT2D eigenvalue weighted by Crippen LogP contribution is 2.41. The van der Waals surface area contributed by atoms with E-state index in [1.54, 1.807) is 13.0 Å². The zero-order valence-electron chi connectivity index (χ0n) is 12.3. The lowest BCUT2D eigenvalue weighted by Gasteiger charge is -2.04. The van der Waals surface area contributed by atoms with Gasteiger partial charge in [0.25, 0.3) is 0 Å². The number of carbonyl (C=O) groups is 1. The molecule has 1 N–H and O–H groups in total. The predicted molar refractivity (Wildman–Crippen MR) is 85.0 cm³/mol. The summed E-state index contributed by atoms with van der Waals surface area (Å²) >= 11 is 5.75. The van der Waals surface area contributed by atoms with Gasteiger partial charge in [-0.15, -0.1) is 0 Å². The summed E-state index contributed by atoms with van der Waals surface area (Å²) in [4.78, 5) is 28.0. The van der Waals surface area contributed by atoms with Crippen LogP contribution in [0.2, 0.25) is 5.15 Å². The second-order valence-corrected chi connectivity index (χ2v) is 5.01. The van der Waals surface area contributed by atoms with E-state index in [-0.39, 0.29) is 22.9 Å². The maximum absolute atomic E-state index is 12.2. The Balaban J connectivity index is 2.01. The van der Waals surface area contributed by atoms with Crippen LogP contribution in [0.5, 0.6) is 0 Å². The number of ether oxygens (including phenoxy) is 1. The summed E-state index contributed by atoms with van der Waals surface area (Å²) in [7, 11) is 1.52. The predicted octanol–water partition coefficient (Wildman–Crippen LogP) is 2.31. The molecule has 0 radical (unpaired) electrons. The minimum Gasteiger partial charge on any atom is -0.481 e. The number of methoxy groups -OCH3 is 1. The summed E-state index contributed by atoms with van der Waals surface area (Å²) in [5.74, 6) is 0.863. The largest absolute Gasteiger partial charge is 0.481 e. The van der Waals surface area contributed by atoms with Crippen molar-refractivity contribution < 1.29 is 9.53 Å². The monoisotopic (exact) mass is 321 g/mol. The molecule has 1 aliphatic carbocycles. The van der Waals surface area contributed by atoms with Gasteiger partial charge in [-0.2, -0.15) is 4.99 Å². The molecule has 0 aromatic carbocycles. The van der Waals surface area contributed by atoms with E-state index in [1.165, 1.54) is 19.5 Å². The van der Waals surface area contributed by atoms with Crippen molar-refractivity contribution in [3.63, 3.8) is 0 Å². The van der Waals surface area contributed by atoms with E-state index in [1.807, 2.05) is 0 Å². The Bertz CT molecular complexity index is 644. The number of aromatic nitrogens is 2. The molecular weight excluding hydrogens is 306 g/mol. The minimum atomic E-state index is -0.215. The molecule has 1 heterocycles. The van der Waals surface area contributed by atoms with Gasteiger partial charge >= 0.3 is 0 Å². The molecule has 1 saturated carbocycles. The fourth-order valence-corrected chi connectivity index (χ4v) is 2.11. The number of allylic oxidation sites excluding steroid dienone is 1. The van der Waals surface area contributed by atoms with Gasteiger partial charge in [-0.1, -0.05) is 11.6 Å². The molecule has 0 aliphatic heterocycles. The first kappa shape index (κ1) is 16.1. The van der Waals surface area contributed by atoms with E-state index >= 15 is 0 Å². The topological polar surface area (TPSA) is 88.8 Å². The first-order valence-corrected chi connectivity index (χ1v) is 7.00. The van der Waals surface area contributed by atoms with Crippen LogP contribution in [0.4, 0.5) is 5.82 Å². The minimum absolute atomic E-state index is 0.0695. The van der Waals surface area contributed by atoms with Crippen molar-refractivity contribution in [3.05, 3.63) is 29.5 Å². The zero-order valence-corrected chi connectivity index (χ0v) is 13.0. The second kappa shape index (κ2) is 7.13. The maximum atomic E-state index is 12.2. The first-order valence-electron chi connectivity index (χ1n) is 6.63. The average molecular weight is 322 g/mol. The highest BCUT2D eigenvalue weighted by atomic mass is 35.5. The molecule has 1 aromatic rings. The van der Waals surface area contributed by atoms with Gasteiger partial charge in [0.15, 0.2) is 0 Å². The summed E-state index contributed by atoms with van der Waals surface area (Å²) in [6.07, 6.45) is 3.66. The number of hydrogen-bond acceptors (Lipinski definition) is 5. The number of aliphatic imine (C=N–C) groups is 2. The van der Waals surface area contributed by atoms with Crippen LogP contribution in [0, 0.1) is 11.8 Å². The molecule has 8 heteroatoms. The fourth-order valence-electron chi connectivity index (χ4n) is 1.97. The second-order valence-electron chi connectivity index (χ2n) is 4.62. The van der Waals surface area contributed by atoms with Crippen molar-refractivity contribution in [3.8, 4) is 0 Å². The Morgan fingerprint density at radius 2 is 2.32 bits per heavy atom. The number of nitrogens with zero attached hydrogens (tertiary/aromatic N) is 4. The molecule has 2 atom stereocenters. The number of carbonyl (C=O) groups excluding carboxylic acids is 1. The normalized spacial score (nSPS) is 21.2. The van der Waals surface area contributed by atoms with E-state index in [0.29, 0.717) is 24.0 Å². The molecule has 22 heavy (non-hydrogen) atoms. The molecule has 0 bridgehead atoms. The SMILES string of the molecule is C=N/C(=N\C(=C/C)OC)[C@H]1C[C@@H]1C(=O)Nc1cc(Cl)ncn1. The van der Waals surface area contributed by atoms with Crippen molar-refractivity contribution in [2.24, 2.45) is 21.8 Å². The molecule has 116 valence electrons. The van der Waals surface area contributed by atoms with E-state index < -0.39 is 0 Å². The van der Waals surface area contributed by atoms with Crippen molar-refractivity contribution in [2.75, 3.05) is 12.4 Å². The summed E-state index contributed by atoms with van der Waals surface area (Å²) in [5.41, 5.74) is 0. The smallest absolute Gasteiger partial charge is 0.229 e. The van der Waals surface area contributed by atoms with Crippen LogP contribution < -0.4 is 5.32 Å². The summed E-state index contributed by atoms with van der Waals surface area (Å²) in [6, 6.07) is 1.49. The third-order valence-corrected chi connectivity index (χ3v) is 3.39. The summed E-state index contributed by atoms with van der Waals surface area (Å²) in [5, 5.41) is 2.97. The standard InChI is InChI=1S/C14H16ClN5O2/c1-4-12(22-3)20-13(16-2)8-5-9(8)14(21)19-11-6-10(15)17-7-18-11/h4,6-9H,2,5H2,1,3H3,(H,17,18,19,21)/b12-4+,20-13-/t8-,9-/m0/s1. The first-order chi connectivity index (χ1) is 10.6. The number of amidine groups is 1. The molecule has 1 fully saturated rings. The average Bonchev–Trinajstić information content (AvgIpc) is 3.29. The van der Waals surface area contributed by atoms with Crippen LogP contribution in [0.1, 0.15) is 13.3 Å². The molecule has 1 aliphatic rings. The van der Waals surface area contributed by atoms with Crippen LogP contribution in [0.25, 0.3) is 0 Å². The Kier molecular flexibility index (Phi) is 5.21. The van der Waals surface area contributed by atoms with E-state index in [9.17, 15) is 4.79 Å². The zero-order chi connectivity index (χ0) is 16.1. The molecule has 0 spiro atoms. The van der Waals surface area contributed by atoms with Gasteiger partial charge < -0.3 is 10.1 Å².